The minimum atomic E-state index is 0.765. The molecule has 2 aromatic rings. The van der Waals surface area contributed by atoms with E-state index in [1.807, 2.05) is 6.20 Å². The first-order valence-corrected chi connectivity index (χ1v) is 8.24. The predicted octanol–water partition coefficient (Wildman–Crippen LogP) is 3.54. The molecule has 3 rings (SSSR count). The average Bonchev–Trinajstić information content (AvgIpc) is 3.36. The number of nitrogens with one attached hydrogen (secondary N) is 1. The fourth-order valence-corrected chi connectivity index (χ4v) is 2.43. The molecule has 1 saturated carbocycles. The molecule has 0 atom stereocenters. The van der Waals surface area contributed by atoms with E-state index in [0.29, 0.717) is 0 Å². The Morgan fingerprint density at radius 2 is 1.91 bits per heavy atom. The average molecular weight is 311 g/mol. The van der Waals surface area contributed by atoms with Crippen molar-refractivity contribution >= 4 is 5.82 Å². The lowest BCUT2D eigenvalue weighted by atomic mass is 10.2. The van der Waals surface area contributed by atoms with Crippen LogP contribution in [-0.4, -0.2) is 30.6 Å². The lowest BCUT2D eigenvalue weighted by Gasteiger charge is -2.11. The van der Waals surface area contributed by atoms with Gasteiger partial charge in [0.15, 0.2) is 0 Å². The fourth-order valence-electron chi connectivity index (χ4n) is 2.43. The molecule has 0 aliphatic heterocycles. The van der Waals surface area contributed by atoms with Gasteiger partial charge in [-0.2, -0.15) is 0 Å². The van der Waals surface area contributed by atoms with Gasteiger partial charge in [-0.05, 0) is 68.2 Å². The van der Waals surface area contributed by atoms with Crippen LogP contribution < -0.4 is 10.1 Å². The van der Waals surface area contributed by atoms with Gasteiger partial charge in [-0.15, -0.1) is 0 Å². The monoisotopic (exact) mass is 311 g/mol. The first-order valence-electron chi connectivity index (χ1n) is 8.24. The third kappa shape index (κ3) is 5.25. The molecule has 0 saturated heterocycles. The molecule has 1 aliphatic carbocycles. The summed E-state index contributed by atoms with van der Waals surface area (Å²) in [6.07, 6.45) is 4.50. The number of ether oxygens (including phenoxy) is 1. The van der Waals surface area contributed by atoms with Crippen molar-refractivity contribution in [2.24, 2.45) is 5.92 Å². The van der Waals surface area contributed by atoms with Crippen LogP contribution in [0.25, 0.3) is 0 Å². The van der Waals surface area contributed by atoms with Crippen LogP contribution >= 0.6 is 0 Å². The summed E-state index contributed by atoms with van der Waals surface area (Å²) < 4.78 is 5.76. The largest absolute Gasteiger partial charge is 0.493 e. The summed E-state index contributed by atoms with van der Waals surface area (Å²) in [5.74, 6) is 2.67. The third-order valence-corrected chi connectivity index (χ3v) is 3.90. The lowest BCUT2D eigenvalue weighted by Crippen LogP contribution is -2.11. The van der Waals surface area contributed by atoms with Crippen molar-refractivity contribution in [1.29, 1.82) is 0 Å². The van der Waals surface area contributed by atoms with E-state index in [2.05, 4.69) is 65.7 Å². The van der Waals surface area contributed by atoms with E-state index in [1.54, 1.807) is 0 Å². The number of rotatable bonds is 8. The van der Waals surface area contributed by atoms with Gasteiger partial charge in [-0.1, -0.05) is 12.1 Å². The Labute approximate surface area is 138 Å². The van der Waals surface area contributed by atoms with Crippen LogP contribution in [0.1, 0.15) is 24.0 Å². The van der Waals surface area contributed by atoms with Crippen LogP contribution in [0.2, 0.25) is 0 Å². The van der Waals surface area contributed by atoms with Gasteiger partial charge >= 0.3 is 0 Å². The molecule has 1 aliphatic rings. The van der Waals surface area contributed by atoms with Crippen molar-refractivity contribution in [2.45, 2.75) is 25.9 Å². The number of nitrogens with zero attached hydrogens (tertiary/aromatic N) is 2. The van der Waals surface area contributed by atoms with Crippen molar-refractivity contribution in [2.75, 3.05) is 26.0 Å². The highest BCUT2D eigenvalue weighted by Gasteiger charge is 2.21. The Morgan fingerprint density at radius 1 is 1.13 bits per heavy atom. The van der Waals surface area contributed by atoms with E-state index in [0.717, 1.165) is 37.2 Å². The van der Waals surface area contributed by atoms with E-state index in [-0.39, 0.29) is 0 Å². The maximum atomic E-state index is 5.76. The van der Waals surface area contributed by atoms with Crippen LogP contribution in [0.15, 0.2) is 42.6 Å². The molecule has 1 N–H and O–H groups in total. The Bertz CT molecular complexity index is 621. The molecule has 1 heterocycles. The van der Waals surface area contributed by atoms with Crippen LogP contribution in [-0.2, 0) is 13.1 Å². The molecule has 0 amide bonds. The Morgan fingerprint density at radius 3 is 2.61 bits per heavy atom. The zero-order chi connectivity index (χ0) is 16.1. The molecule has 4 heteroatoms. The summed E-state index contributed by atoms with van der Waals surface area (Å²) >= 11 is 0. The number of hydrogen-bond acceptors (Lipinski definition) is 4. The van der Waals surface area contributed by atoms with E-state index in [1.165, 1.54) is 24.0 Å². The highest BCUT2D eigenvalue weighted by Crippen LogP contribution is 2.29. The molecule has 0 bridgehead atoms. The Kier molecular flexibility index (Phi) is 5.13. The fraction of sp³-hybridized carbons (Fsp3) is 0.421. The normalized spacial score (nSPS) is 14.0. The summed E-state index contributed by atoms with van der Waals surface area (Å²) in [4.78, 5) is 6.53. The molecule has 0 spiro atoms. The molecular weight excluding hydrogens is 286 g/mol. The number of pyridine rings is 1. The second-order valence-corrected chi connectivity index (χ2v) is 6.54. The van der Waals surface area contributed by atoms with Gasteiger partial charge < -0.3 is 15.0 Å². The van der Waals surface area contributed by atoms with E-state index < -0.39 is 0 Å². The van der Waals surface area contributed by atoms with Crippen LogP contribution in [0.5, 0.6) is 5.75 Å². The van der Waals surface area contributed by atoms with Gasteiger partial charge in [0.05, 0.1) is 6.61 Å². The molecule has 23 heavy (non-hydrogen) atoms. The zero-order valence-corrected chi connectivity index (χ0v) is 14.0. The van der Waals surface area contributed by atoms with E-state index in [9.17, 15) is 0 Å². The maximum Gasteiger partial charge on any atom is 0.126 e. The molecular formula is C19H25N3O. The molecule has 0 radical (unpaired) electrons. The smallest absolute Gasteiger partial charge is 0.126 e. The van der Waals surface area contributed by atoms with Gasteiger partial charge in [0.1, 0.15) is 11.6 Å². The first-order chi connectivity index (χ1) is 11.2. The maximum absolute atomic E-state index is 5.76. The summed E-state index contributed by atoms with van der Waals surface area (Å²) in [7, 11) is 4.14. The molecule has 1 aromatic heterocycles. The number of aromatic nitrogens is 1. The molecule has 122 valence electrons. The summed E-state index contributed by atoms with van der Waals surface area (Å²) in [5.41, 5.74) is 2.49. The van der Waals surface area contributed by atoms with Gasteiger partial charge in [0.25, 0.3) is 0 Å². The molecule has 0 unspecified atom stereocenters. The second-order valence-electron chi connectivity index (χ2n) is 6.54. The minimum Gasteiger partial charge on any atom is -0.493 e. The summed E-state index contributed by atoms with van der Waals surface area (Å²) in [6.45, 7) is 2.55. The highest BCUT2D eigenvalue weighted by molar-refractivity contribution is 5.39. The van der Waals surface area contributed by atoms with Gasteiger partial charge in [-0.25, -0.2) is 4.98 Å². The molecule has 4 nitrogen and oxygen atoms in total. The van der Waals surface area contributed by atoms with Gasteiger partial charge in [0, 0.05) is 19.3 Å². The highest BCUT2D eigenvalue weighted by atomic mass is 16.5. The number of benzene rings is 1. The molecule has 1 fully saturated rings. The van der Waals surface area contributed by atoms with Crippen LogP contribution in [0, 0.1) is 5.92 Å². The first kappa shape index (κ1) is 15.8. The zero-order valence-electron chi connectivity index (χ0n) is 14.0. The number of hydrogen-bond donors (Lipinski definition) is 1. The standard InChI is InChI=1S/C19H25N3O/c1-22(2)13-17-9-10-20-19(11-17)21-12-15-5-7-18(8-6-15)23-14-16-3-4-16/h5-11,16H,3-4,12-14H2,1-2H3,(H,20,21). The number of anilines is 1. The summed E-state index contributed by atoms with van der Waals surface area (Å²) in [6, 6.07) is 12.5. The molecule has 1 aromatic carbocycles. The topological polar surface area (TPSA) is 37.4 Å². The van der Waals surface area contributed by atoms with Crippen LogP contribution in [0.3, 0.4) is 0 Å². The van der Waals surface area contributed by atoms with Crippen molar-refractivity contribution in [1.82, 2.24) is 9.88 Å². The van der Waals surface area contributed by atoms with Crippen molar-refractivity contribution in [3.8, 4) is 5.75 Å². The Balaban J connectivity index is 1.51. The van der Waals surface area contributed by atoms with Crippen molar-refractivity contribution in [3.63, 3.8) is 0 Å². The van der Waals surface area contributed by atoms with Gasteiger partial charge in [0.2, 0.25) is 0 Å². The quantitative estimate of drug-likeness (QED) is 0.809. The van der Waals surface area contributed by atoms with E-state index >= 15 is 0 Å². The lowest BCUT2D eigenvalue weighted by molar-refractivity contribution is 0.299. The Hall–Kier alpha value is -2.07. The van der Waals surface area contributed by atoms with E-state index in [4.69, 9.17) is 4.74 Å². The predicted molar refractivity (Wildman–Crippen MR) is 93.6 cm³/mol. The SMILES string of the molecule is CN(C)Cc1ccnc(NCc2ccc(OCC3CC3)cc2)c1. The summed E-state index contributed by atoms with van der Waals surface area (Å²) in [5, 5.41) is 3.38. The van der Waals surface area contributed by atoms with Gasteiger partial charge in [-0.3, -0.25) is 0 Å². The minimum absolute atomic E-state index is 0.765. The van der Waals surface area contributed by atoms with Crippen molar-refractivity contribution < 1.29 is 4.74 Å². The third-order valence-electron chi connectivity index (χ3n) is 3.90. The second kappa shape index (κ2) is 7.47. The van der Waals surface area contributed by atoms with Crippen molar-refractivity contribution in [3.05, 3.63) is 53.7 Å². The van der Waals surface area contributed by atoms with Crippen LogP contribution in [0.4, 0.5) is 5.82 Å².